The van der Waals surface area contributed by atoms with Crippen LogP contribution in [0.4, 0.5) is 0 Å². The number of hydrogen-bond donors (Lipinski definition) is 2. The molecule has 0 unspecified atom stereocenters. The van der Waals surface area contributed by atoms with Crippen LogP contribution in [0.25, 0.3) is 0 Å². The van der Waals surface area contributed by atoms with Crippen molar-refractivity contribution in [3.63, 3.8) is 0 Å². The lowest BCUT2D eigenvalue weighted by Crippen LogP contribution is -2.53. The van der Waals surface area contributed by atoms with Gasteiger partial charge in [0.1, 0.15) is 6.04 Å². The van der Waals surface area contributed by atoms with Crippen molar-refractivity contribution in [2.45, 2.75) is 57.0 Å². The number of carbonyl (C=O) groups excluding carboxylic acids is 1. The summed E-state index contributed by atoms with van der Waals surface area (Å²) in [6, 6.07) is 7.75. The maximum Gasteiger partial charge on any atom is 0.242 e. The molecule has 2 N–H and O–H groups in total. The second kappa shape index (κ2) is 7.93. The van der Waals surface area contributed by atoms with Gasteiger partial charge in [-0.2, -0.15) is 0 Å². The Morgan fingerprint density at radius 3 is 2.43 bits per heavy atom. The van der Waals surface area contributed by atoms with Crippen LogP contribution in [0.5, 0.6) is 0 Å². The number of likely N-dealkylation sites (N-methyl/N-ethyl adjacent to an activating group) is 1. The molecule has 4 nitrogen and oxygen atoms in total. The fourth-order valence-corrected chi connectivity index (χ4v) is 3.58. The molecule has 1 aliphatic rings. The van der Waals surface area contributed by atoms with E-state index >= 15 is 0 Å². The molecule has 0 heterocycles. The van der Waals surface area contributed by atoms with Gasteiger partial charge in [-0.15, -0.1) is 0 Å². The topological polar surface area (TPSA) is 52.6 Å². The van der Waals surface area contributed by atoms with E-state index in [9.17, 15) is 9.90 Å². The maximum absolute atomic E-state index is 13.0. The van der Waals surface area contributed by atoms with Gasteiger partial charge < -0.3 is 10.4 Å². The molecule has 1 amide bonds. The van der Waals surface area contributed by atoms with E-state index in [4.69, 9.17) is 0 Å². The summed E-state index contributed by atoms with van der Waals surface area (Å²) in [6.07, 6.45) is 6.24. The minimum absolute atomic E-state index is 0.0171. The van der Waals surface area contributed by atoms with Crippen molar-refractivity contribution in [2.75, 3.05) is 20.7 Å². The second-order valence-electron chi connectivity index (χ2n) is 7.12. The Hall–Kier alpha value is -1.39. The average Bonchev–Trinajstić information content (AvgIpc) is 2.73. The lowest BCUT2D eigenvalue weighted by atomic mass is 9.90. The van der Waals surface area contributed by atoms with Crippen molar-refractivity contribution in [3.05, 3.63) is 35.4 Å². The zero-order valence-electron chi connectivity index (χ0n) is 14.6. The molecule has 1 aliphatic carbocycles. The van der Waals surface area contributed by atoms with E-state index in [1.807, 2.05) is 44.1 Å². The predicted molar refractivity (Wildman–Crippen MR) is 93.3 cm³/mol. The number of amides is 1. The second-order valence-corrected chi connectivity index (χ2v) is 7.12. The molecular weight excluding hydrogens is 288 g/mol. The highest BCUT2D eigenvalue weighted by Crippen LogP contribution is 2.28. The van der Waals surface area contributed by atoms with E-state index < -0.39 is 5.54 Å². The van der Waals surface area contributed by atoms with Crippen molar-refractivity contribution >= 4 is 5.91 Å². The summed E-state index contributed by atoms with van der Waals surface area (Å²) >= 11 is 0. The van der Waals surface area contributed by atoms with Crippen LogP contribution < -0.4 is 5.32 Å². The molecular formula is C19H30N2O2. The minimum Gasteiger partial charge on any atom is -0.394 e. The Bertz CT molecular complexity index is 520. The van der Waals surface area contributed by atoms with Gasteiger partial charge in [-0.3, -0.25) is 9.69 Å². The Balaban J connectivity index is 2.20. The van der Waals surface area contributed by atoms with Crippen molar-refractivity contribution < 1.29 is 9.90 Å². The molecule has 1 fully saturated rings. The number of benzene rings is 1. The van der Waals surface area contributed by atoms with Crippen LogP contribution in [0.1, 0.15) is 55.7 Å². The molecule has 0 radical (unpaired) electrons. The molecule has 1 aromatic rings. The highest BCUT2D eigenvalue weighted by molar-refractivity contribution is 5.84. The average molecular weight is 318 g/mol. The van der Waals surface area contributed by atoms with Gasteiger partial charge in [0.15, 0.2) is 0 Å². The van der Waals surface area contributed by atoms with Gasteiger partial charge >= 0.3 is 0 Å². The number of aryl methyl sites for hydroxylation is 1. The number of nitrogens with one attached hydrogen (secondary N) is 1. The van der Waals surface area contributed by atoms with Crippen LogP contribution in [0.2, 0.25) is 0 Å². The minimum atomic E-state index is -0.453. The summed E-state index contributed by atoms with van der Waals surface area (Å²) in [7, 11) is 3.84. The quantitative estimate of drug-likeness (QED) is 0.821. The van der Waals surface area contributed by atoms with Crippen LogP contribution in [0, 0.1) is 6.92 Å². The first-order valence-electron chi connectivity index (χ1n) is 8.63. The third-order valence-corrected chi connectivity index (χ3v) is 4.87. The van der Waals surface area contributed by atoms with Crippen LogP contribution in [-0.4, -0.2) is 42.2 Å². The summed E-state index contributed by atoms with van der Waals surface area (Å²) in [5.74, 6) is -0.0171. The largest absolute Gasteiger partial charge is 0.394 e. The van der Waals surface area contributed by atoms with Gasteiger partial charge in [-0.05, 0) is 39.4 Å². The lowest BCUT2D eigenvalue weighted by Gasteiger charge is -2.35. The van der Waals surface area contributed by atoms with E-state index in [1.54, 1.807) is 0 Å². The van der Waals surface area contributed by atoms with Crippen molar-refractivity contribution in [2.24, 2.45) is 0 Å². The van der Waals surface area contributed by atoms with Gasteiger partial charge in [0, 0.05) is 0 Å². The van der Waals surface area contributed by atoms with Crippen LogP contribution in [-0.2, 0) is 4.79 Å². The fraction of sp³-hybridized carbons (Fsp3) is 0.632. The Labute approximate surface area is 139 Å². The molecule has 0 bridgehead atoms. The molecule has 2 rings (SSSR count). The number of nitrogens with zero attached hydrogens (tertiary/aromatic N) is 1. The molecule has 0 saturated heterocycles. The number of carbonyl (C=O) groups is 1. The normalized spacial score (nSPS) is 19.2. The molecule has 0 spiro atoms. The van der Waals surface area contributed by atoms with Gasteiger partial charge in [-0.25, -0.2) is 0 Å². The fourth-order valence-electron chi connectivity index (χ4n) is 3.58. The third-order valence-electron chi connectivity index (χ3n) is 4.87. The summed E-state index contributed by atoms with van der Waals surface area (Å²) < 4.78 is 0. The van der Waals surface area contributed by atoms with Crippen LogP contribution in [0.15, 0.2) is 24.3 Å². The maximum atomic E-state index is 13.0. The van der Waals surface area contributed by atoms with Crippen LogP contribution >= 0.6 is 0 Å². The van der Waals surface area contributed by atoms with Crippen molar-refractivity contribution in [3.8, 4) is 0 Å². The number of aliphatic hydroxyl groups excluding tert-OH is 1. The van der Waals surface area contributed by atoms with Gasteiger partial charge in [0.05, 0.1) is 12.1 Å². The summed E-state index contributed by atoms with van der Waals surface area (Å²) in [5.41, 5.74) is 1.69. The molecule has 4 heteroatoms. The molecule has 1 aromatic carbocycles. The standard InChI is InChI=1S/C19H30N2O2/c1-15-9-8-10-16(13-15)17(21(2)3)18(23)20-19(14-22)11-6-4-5-7-12-19/h8-10,13,17,22H,4-7,11-12,14H2,1-3H3,(H,20,23)/t17-/m1/s1. The monoisotopic (exact) mass is 318 g/mol. The smallest absolute Gasteiger partial charge is 0.242 e. The zero-order chi connectivity index (χ0) is 16.9. The van der Waals surface area contributed by atoms with E-state index in [-0.39, 0.29) is 18.6 Å². The molecule has 1 saturated carbocycles. The van der Waals surface area contributed by atoms with Gasteiger partial charge in [0.25, 0.3) is 0 Å². The molecule has 128 valence electrons. The van der Waals surface area contributed by atoms with Crippen molar-refractivity contribution in [1.82, 2.24) is 10.2 Å². The first kappa shape index (κ1) is 18.0. The first-order chi connectivity index (χ1) is 11.0. The van der Waals surface area contributed by atoms with E-state index in [1.165, 1.54) is 12.8 Å². The first-order valence-corrected chi connectivity index (χ1v) is 8.63. The summed E-state index contributed by atoms with van der Waals surface area (Å²) in [5, 5.41) is 13.1. The van der Waals surface area contributed by atoms with E-state index in [0.717, 1.165) is 36.8 Å². The van der Waals surface area contributed by atoms with Gasteiger partial charge in [-0.1, -0.05) is 55.5 Å². The molecule has 23 heavy (non-hydrogen) atoms. The highest BCUT2D eigenvalue weighted by Gasteiger charge is 2.35. The lowest BCUT2D eigenvalue weighted by molar-refractivity contribution is -0.128. The van der Waals surface area contributed by atoms with Crippen LogP contribution in [0.3, 0.4) is 0 Å². The highest BCUT2D eigenvalue weighted by atomic mass is 16.3. The molecule has 0 aromatic heterocycles. The van der Waals surface area contributed by atoms with E-state index in [0.29, 0.717) is 0 Å². The van der Waals surface area contributed by atoms with Gasteiger partial charge in [0.2, 0.25) is 5.91 Å². The summed E-state index contributed by atoms with van der Waals surface area (Å²) in [4.78, 5) is 14.9. The zero-order valence-corrected chi connectivity index (χ0v) is 14.6. The SMILES string of the molecule is Cc1cccc([C@H](C(=O)NC2(CO)CCCCCC2)N(C)C)c1. The Morgan fingerprint density at radius 1 is 1.26 bits per heavy atom. The Kier molecular flexibility index (Phi) is 6.19. The number of hydrogen-bond acceptors (Lipinski definition) is 3. The number of aliphatic hydroxyl groups is 1. The molecule has 1 atom stereocenters. The number of rotatable bonds is 5. The molecule has 0 aliphatic heterocycles. The summed E-state index contributed by atoms with van der Waals surface area (Å²) in [6.45, 7) is 2.06. The Morgan fingerprint density at radius 2 is 1.91 bits per heavy atom. The van der Waals surface area contributed by atoms with Crippen molar-refractivity contribution in [1.29, 1.82) is 0 Å². The van der Waals surface area contributed by atoms with E-state index in [2.05, 4.69) is 11.4 Å². The predicted octanol–water partition coefficient (Wildman–Crippen LogP) is 2.80. The third kappa shape index (κ3) is 4.55.